The van der Waals surface area contributed by atoms with Crippen molar-refractivity contribution in [2.45, 2.75) is 31.6 Å². The van der Waals surface area contributed by atoms with Gasteiger partial charge in [-0.2, -0.15) is 0 Å². The van der Waals surface area contributed by atoms with Crippen LogP contribution in [0, 0.1) is 0 Å². The summed E-state index contributed by atoms with van der Waals surface area (Å²) in [5.41, 5.74) is 5.40. The van der Waals surface area contributed by atoms with Crippen LogP contribution in [-0.2, 0) is 0 Å². The van der Waals surface area contributed by atoms with Gasteiger partial charge < -0.3 is 10.6 Å². The molecule has 0 bridgehead atoms. The van der Waals surface area contributed by atoms with E-state index in [0.29, 0.717) is 5.92 Å². The van der Waals surface area contributed by atoms with E-state index in [9.17, 15) is 0 Å². The van der Waals surface area contributed by atoms with Crippen molar-refractivity contribution in [3.63, 3.8) is 0 Å². The molecule has 1 aromatic carbocycles. The average Bonchev–Trinajstić information content (AvgIpc) is 3.57. The Morgan fingerprint density at radius 3 is 2.44 bits per heavy atom. The van der Waals surface area contributed by atoms with Crippen molar-refractivity contribution >= 4 is 44.7 Å². The number of fused-ring (bicyclic) bond motifs is 1. The molecule has 6 rings (SSSR count). The molecule has 0 spiro atoms. The van der Waals surface area contributed by atoms with Gasteiger partial charge in [-0.05, 0) is 43.2 Å². The molecule has 1 saturated carbocycles. The van der Waals surface area contributed by atoms with Crippen LogP contribution in [0.2, 0.25) is 0 Å². The summed E-state index contributed by atoms with van der Waals surface area (Å²) in [7, 11) is 0. The Kier molecular flexibility index (Phi) is 5.56. The standard InChI is InChI=1S/C26H23N7S/c1-2-6-17(7-3-1)21-11-10-19(15-27-21)29-20-14-23-22(28-16-20)12-13-24(30-23)31-26-33-32-25(34-26)18-8-4-5-9-18/h1-3,6-7,10-16,18,29H,4-5,8-9H2,(H,30,31,33). The second kappa shape index (κ2) is 9.15. The molecular weight excluding hydrogens is 442 g/mol. The number of pyridine rings is 3. The van der Waals surface area contributed by atoms with Gasteiger partial charge in [-0.25, -0.2) is 4.98 Å². The van der Waals surface area contributed by atoms with Gasteiger partial charge in [0.25, 0.3) is 0 Å². The fraction of sp³-hybridized carbons (Fsp3) is 0.192. The monoisotopic (exact) mass is 465 g/mol. The third kappa shape index (κ3) is 4.45. The maximum Gasteiger partial charge on any atom is 0.211 e. The summed E-state index contributed by atoms with van der Waals surface area (Å²) in [6.07, 6.45) is 8.64. The van der Waals surface area contributed by atoms with E-state index < -0.39 is 0 Å². The zero-order chi connectivity index (χ0) is 22.7. The summed E-state index contributed by atoms with van der Waals surface area (Å²) < 4.78 is 0. The lowest BCUT2D eigenvalue weighted by Crippen LogP contribution is -1.96. The van der Waals surface area contributed by atoms with Crippen molar-refractivity contribution in [1.29, 1.82) is 0 Å². The number of benzene rings is 1. The van der Waals surface area contributed by atoms with E-state index in [2.05, 4.69) is 42.9 Å². The largest absolute Gasteiger partial charge is 0.353 e. The van der Waals surface area contributed by atoms with Gasteiger partial charge in [0, 0.05) is 11.5 Å². The third-order valence-electron chi connectivity index (χ3n) is 6.04. The Hall–Kier alpha value is -3.91. The SMILES string of the molecule is c1ccc(-c2ccc(Nc3cnc4ccc(Nc5nnc(C6CCCC6)s5)nc4c3)cn2)cc1. The van der Waals surface area contributed by atoms with E-state index in [0.717, 1.165) is 49.6 Å². The lowest BCUT2D eigenvalue weighted by molar-refractivity contribution is 0.705. The molecule has 1 aliphatic carbocycles. The summed E-state index contributed by atoms with van der Waals surface area (Å²) in [5.74, 6) is 1.29. The average molecular weight is 466 g/mol. The van der Waals surface area contributed by atoms with E-state index in [1.807, 2.05) is 54.7 Å². The maximum absolute atomic E-state index is 4.74. The van der Waals surface area contributed by atoms with E-state index >= 15 is 0 Å². The molecule has 0 radical (unpaired) electrons. The third-order valence-corrected chi connectivity index (χ3v) is 7.04. The molecule has 8 heteroatoms. The zero-order valence-electron chi connectivity index (χ0n) is 18.5. The number of anilines is 4. The quantitative estimate of drug-likeness (QED) is 0.289. The van der Waals surface area contributed by atoms with Crippen molar-refractivity contribution < 1.29 is 0 Å². The van der Waals surface area contributed by atoms with Crippen molar-refractivity contribution in [2.75, 3.05) is 10.6 Å². The minimum Gasteiger partial charge on any atom is -0.353 e. The highest BCUT2D eigenvalue weighted by molar-refractivity contribution is 7.15. The second-order valence-electron chi connectivity index (χ2n) is 8.43. The van der Waals surface area contributed by atoms with Crippen LogP contribution < -0.4 is 10.6 Å². The minimum atomic E-state index is 0.562. The van der Waals surface area contributed by atoms with E-state index in [-0.39, 0.29) is 0 Å². The summed E-state index contributed by atoms with van der Waals surface area (Å²) >= 11 is 1.63. The predicted molar refractivity (Wildman–Crippen MR) is 137 cm³/mol. The normalized spacial score (nSPS) is 13.9. The molecule has 4 aromatic heterocycles. The van der Waals surface area contributed by atoms with Crippen molar-refractivity contribution in [1.82, 2.24) is 25.1 Å². The van der Waals surface area contributed by atoms with Gasteiger partial charge in [0.1, 0.15) is 10.8 Å². The van der Waals surface area contributed by atoms with Crippen LogP contribution in [0.3, 0.4) is 0 Å². The molecule has 4 heterocycles. The molecule has 34 heavy (non-hydrogen) atoms. The molecule has 0 atom stereocenters. The van der Waals surface area contributed by atoms with Crippen LogP contribution in [0.25, 0.3) is 22.3 Å². The summed E-state index contributed by atoms with van der Waals surface area (Å²) in [4.78, 5) is 13.9. The van der Waals surface area contributed by atoms with Gasteiger partial charge in [0.2, 0.25) is 5.13 Å². The molecular formula is C26H23N7S. The van der Waals surface area contributed by atoms with Crippen LogP contribution in [-0.4, -0.2) is 25.1 Å². The summed E-state index contributed by atoms with van der Waals surface area (Å²) in [5, 5.41) is 17.3. The summed E-state index contributed by atoms with van der Waals surface area (Å²) in [6, 6.07) is 20.0. The molecule has 0 amide bonds. The van der Waals surface area contributed by atoms with Gasteiger partial charge >= 0.3 is 0 Å². The van der Waals surface area contributed by atoms with Gasteiger partial charge in [-0.3, -0.25) is 9.97 Å². The van der Waals surface area contributed by atoms with Crippen LogP contribution in [0.15, 0.2) is 73.1 Å². The number of aromatic nitrogens is 5. The Labute approximate surface area is 201 Å². The van der Waals surface area contributed by atoms with Crippen LogP contribution in [0.4, 0.5) is 22.3 Å². The molecule has 7 nitrogen and oxygen atoms in total. The minimum absolute atomic E-state index is 0.562. The smallest absolute Gasteiger partial charge is 0.211 e. The highest BCUT2D eigenvalue weighted by atomic mass is 32.1. The first kappa shape index (κ1) is 20.7. The Morgan fingerprint density at radius 2 is 1.62 bits per heavy atom. The van der Waals surface area contributed by atoms with Crippen LogP contribution in [0.5, 0.6) is 0 Å². The van der Waals surface area contributed by atoms with E-state index in [4.69, 9.17) is 4.98 Å². The molecule has 0 unspecified atom stereocenters. The predicted octanol–water partition coefficient (Wildman–Crippen LogP) is 6.69. The van der Waals surface area contributed by atoms with Crippen molar-refractivity contribution in [3.05, 3.63) is 78.1 Å². The first-order valence-electron chi connectivity index (χ1n) is 11.5. The van der Waals surface area contributed by atoms with Gasteiger partial charge in [-0.15, -0.1) is 10.2 Å². The molecule has 2 N–H and O–H groups in total. The van der Waals surface area contributed by atoms with Gasteiger partial charge in [-0.1, -0.05) is 54.5 Å². The Balaban J connectivity index is 1.18. The number of nitrogens with one attached hydrogen (secondary N) is 2. The number of hydrogen-bond donors (Lipinski definition) is 2. The van der Waals surface area contributed by atoms with Crippen LogP contribution in [0.1, 0.15) is 36.6 Å². The van der Waals surface area contributed by atoms with Crippen LogP contribution >= 0.6 is 11.3 Å². The zero-order valence-corrected chi connectivity index (χ0v) is 19.3. The molecule has 5 aromatic rings. The molecule has 0 saturated heterocycles. The topological polar surface area (TPSA) is 88.5 Å². The highest BCUT2D eigenvalue weighted by Gasteiger charge is 2.21. The van der Waals surface area contributed by atoms with Gasteiger partial charge in [0.05, 0.1) is 40.5 Å². The van der Waals surface area contributed by atoms with E-state index in [1.165, 1.54) is 25.7 Å². The summed E-state index contributed by atoms with van der Waals surface area (Å²) in [6.45, 7) is 0. The first-order valence-corrected chi connectivity index (χ1v) is 12.3. The number of hydrogen-bond acceptors (Lipinski definition) is 8. The number of rotatable bonds is 6. The fourth-order valence-corrected chi connectivity index (χ4v) is 5.21. The Morgan fingerprint density at radius 1 is 0.765 bits per heavy atom. The number of nitrogens with zero attached hydrogens (tertiary/aromatic N) is 5. The molecule has 1 fully saturated rings. The fourth-order valence-electron chi connectivity index (χ4n) is 4.29. The maximum atomic E-state index is 4.74. The highest BCUT2D eigenvalue weighted by Crippen LogP contribution is 2.37. The second-order valence-corrected chi connectivity index (χ2v) is 9.44. The van der Waals surface area contributed by atoms with Gasteiger partial charge in [0.15, 0.2) is 0 Å². The van der Waals surface area contributed by atoms with Crippen molar-refractivity contribution in [2.24, 2.45) is 0 Å². The van der Waals surface area contributed by atoms with Crippen molar-refractivity contribution in [3.8, 4) is 11.3 Å². The molecule has 1 aliphatic rings. The lowest BCUT2D eigenvalue weighted by Gasteiger charge is -2.08. The first-order chi connectivity index (χ1) is 16.8. The molecule has 168 valence electrons. The molecule has 0 aliphatic heterocycles. The Bertz CT molecular complexity index is 1410. The van der Waals surface area contributed by atoms with E-state index in [1.54, 1.807) is 17.5 Å². The lowest BCUT2D eigenvalue weighted by atomic mass is 10.1.